The smallest absolute Gasteiger partial charge is 0.0712 e. The van der Waals surface area contributed by atoms with E-state index in [0.29, 0.717) is 0 Å². The lowest BCUT2D eigenvalue weighted by atomic mass is 9.70. The molecule has 1 aliphatic rings. The van der Waals surface area contributed by atoms with E-state index in [1.165, 1.54) is 12.8 Å². The van der Waals surface area contributed by atoms with E-state index in [-0.39, 0.29) is 11.6 Å². The third-order valence-corrected chi connectivity index (χ3v) is 5.52. The Balaban J connectivity index is 2.41. The minimum atomic E-state index is -0.0166. The van der Waals surface area contributed by atoms with Crippen molar-refractivity contribution < 1.29 is 0 Å². The Hall–Kier alpha value is -0.390. The Morgan fingerprint density at radius 1 is 1.60 bits per heavy atom. The molecule has 114 valence electrons. The van der Waals surface area contributed by atoms with Crippen LogP contribution in [0, 0.1) is 5.92 Å². The topological polar surface area (TPSA) is 47.1 Å². The fourth-order valence-electron chi connectivity index (χ4n) is 3.72. The van der Waals surface area contributed by atoms with E-state index in [1.54, 1.807) is 0 Å². The summed E-state index contributed by atoms with van der Waals surface area (Å²) in [5.41, 5.74) is 7.93. The summed E-state index contributed by atoms with van der Waals surface area (Å²) in [6.07, 6.45) is 6.76. The number of hydrogen-bond donors (Lipinski definition) is 1. The van der Waals surface area contributed by atoms with Crippen LogP contribution in [0.3, 0.4) is 0 Å². The molecule has 1 fully saturated rings. The van der Waals surface area contributed by atoms with Crippen LogP contribution < -0.4 is 5.73 Å². The quantitative estimate of drug-likeness (QED) is 0.913. The third kappa shape index (κ3) is 2.68. The predicted octanol–water partition coefficient (Wildman–Crippen LogP) is 3.18. The Kier molecular flexibility index (Phi) is 4.92. The molecule has 0 aromatic carbocycles. The van der Waals surface area contributed by atoms with Gasteiger partial charge in [-0.1, -0.05) is 19.8 Å². The van der Waals surface area contributed by atoms with Gasteiger partial charge in [-0.3, -0.25) is 4.68 Å². The van der Waals surface area contributed by atoms with Crippen LogP contribution in [-0.4, -0.2) is 34.3 Å². The standard InChI is InChI=1S/C15H27BrN4/c1-5-20-13(12(16)10-18-20)14(17)15(19(3)4)8-6-7-11(2)9-15/h10-11,14H,5-9,17H2,1-4H3. The fourth-order valence-corrected chi connectivity index (χ4v) is 4.26. The van der Waals surface area contributed by atoms with Crippen molar-refractivity contribution in [2.75, 3.05) is 14.1 Å². The van der Waals surface area contributed by atoms with E-state index in [1.807, 2.05) is 10.9 Å². The Morgan fingerprint density at radius 3 is 2.85 bits per heavy atom. The van der Waals surface area contributed by atoms with Crippen molar-refractivity contribution >= 4 is 15.9 Å². The number of nitrogens with zero attached hydrogens (tertiary/aromatic N) is 3. The van der Waals surface area contributed by atoms with Gasteiger partial charge in [0.2, 0.25) is 0 Å². The highest BCUT2D eigenvalue weighted by molar-refractivity contribution is 9.10. The van der Waals surface area contributed by atoms with E-state index >= 15 is 0 Å². The maximum Gasteiger partial charge on any atom is 0.0712 e. The molecule has 0 amide bonds. The summed E-state index contributed by atoms with van der Waals surface area (Å²) in [6.45, 7) is 5.31. The molecule has 2 rings (SSSR count). The van der Waals surface area contributed by atoms with Crippen LogP contribution in [0.1, 0.15) is 51.3 Å². The number of rotatable bonds is 4. The predicted molar refractivity (Wildman–Crippen MR) is 86.6 cm³/mol. The zero-order valence-electron chi connectivity index (χ0n) is 13.1. The van der Waals surface area contributed by atoms with Crippen LogP contribution in [-0.2, 0) is 6.54 Å². The van der Waals surface area contributed by atoms with E-state index < -0.39 is 0 Å². The summed E-state index contributed by atoms with van der Waals surface area (Å²) in [5, 5.41) is 4.43. The molecule has 0 spiro atoms. The number of likely N-dealkylation sites (N-methyl/N-ethyl adjacent to an activating group) is 1. The average molecular weight is 343 g/mol. The van der Waals surface area contributed by atoms with Crippen LogP contribution >= 0.6 is 15.9 Å². The van der Waals surface area contributed by atoms with Gasteiger partial charge in [-0.2, -0.15) is 5.10 Å². The molecule has 2 N–H and O–H groups in total. The maximum absolute atomic E-state index is 6.76. The molecule has 1 aliphatic carbocycles. The number of aromatic nitrogens is 2. The molecule has 1 saturated carbocycles. The first-order valence-electron chi connectivity index (χ1n) is 7.56. The fraction of sp³-hybridized carbons (Fsp3) is 0.800. The largest absolute Gasteiger partial charge is 0.321 e. The normalized spacial score (nSPS) is 28.9. The van der Waals surface area contributed by atoms with Crippen molar-refractivity contribution in [1.82, 2.24) is 14.7 Å². The molecule has 0 bridgehead atoms. The van der Waals surface area contributed by atoms with Gasteiger partial charge in [-0.25, -0.2) is 0 Å². The van der Waals surface area contributed by atoms with Gasteiger partial charge in [-0.15, -0.1) is 0 Å². The van der Waals surface area contributed by atoms with Crippen molar-refractivity contribution in [2.45, 2.75) is 57.7 Å². The Bertz CT molecular complexity index is 457. The minimum absolute atomic E-state index is 0.0166. The van der Waals surface area contributed by atoms with Gasteiger partial charge in [0, 0.05) is 12.1 Å². The highest BCUT2D eigenvalue weighted by atomic mass is 79.9. The molecule has 4 nitrogen and oxygen atoms in total. The van der Waals surface area contributed by atoms with Gasteiger partial charge in [0.15, 0.2) is 0 Å². The van der Waals surface area contributed by atoms with E-state index in [4.69, 9.17) is 5.73 Å². The van der Waals surface area contributed by atoms with Crippen LogP contribution in [0.4, 0.5) is 0 Å². The minimum Gasteiger partial charge on any atom is -0.321 e. The van der Waals surface area contributed by atoms with Gasteiger partial charge in [0.05, 0.1) is 22.4 Å². The second-order valence-electron chi connectivity index (χ2n) is 6.37. The van der Waals surface area contributed by atoms with Crippen molar-refractivity contribution in [1.29, 1.82) is 0 Å². The van der Waals surface area contributed by atoms with Crippen LogP contribution in [0.15, 0.2) is 10.7 Å². The summed E-state index contributed by atoms with van der Waals surface area (Å²) in [5.74, 6) is 0.731. The molecule has 0 radical (unpaired) electrons. The summed E-state index contributed by atoms with van der Waals surface area (Å²) in [4.78, 5) is 2.34. The number of hydrogen-bond acceptors (Lipinski definition) is 3. The summed E-state index contributed by atoms with van der Waals surface area (Å²) < 4.78 is 3.06. The molecule has 20 heavy (non-hydrogen) atoms. The zero-order valence-corrected chi connectivity index (χ0v) is 14.7. The molecule has 3 unspecified atom stereocenters. The molecule has 0 saturated heterocycles. The lowest BCUT2D eigenvalue weighted by Crippen LogP contribution is -2.55. The van der Waals surface area contributed by atoms with Gasteiger partial charge >= 0.3 is 0 Å². The lowest BCUT2D eigenvalue weighted by molar-refractivity contribution is 0.0470. The highest BCUT2D eigenvalue weighted by Crippen LogP contribution is 2.44. The van der Waals surface area contributed by atoms with E-state index in [0.717, 1.165) is 35.5 Å². The molecule has 1 aromatic heterocycles. The zero-order chi connectivity index (χ0) is 14.9. The lowest BCUT2D eigenvalue weighted by Gasteiger charge is -2.49. The second-order valence-corrected chi connectivity index (χ2v) is 7.23. The Labute approximate surface area is 130 Å². The summed E-state index contributed by atoms with van der Waals surface area (Å²) >= 11 is 3.63. The second kappa shape index (κ2) is 6.16. The summed E-state index contributed by atoms with van der Waals surface area (Å²) in [7, 11) is 4.33. The molecule has 5 heteroatoms. The third-order valence-electron chi connectivity index (χ3n) is 4.91. The SMILES string of the molecule is CCn1ncc(Br)c1C(N)C1(N(C)C)CCCC(C)C1. The van der Waals surface area contributed by atoms with E-state index in [9.17, 15) is 0 Å². The first-order valence-corrected chi connectivity index (χ1v) is 8.36. The number of nitrogens with two attached hydrogens (primary N) is 1. The average Bonchev–Trinajstić information content (AvgIpc) is 2.78. The monoisotopic (exact) mass is 342 g/mol. The van der Waals surface area contributed by atoms with Crippen LogP contribution in [0.5, 0.6) is 0 Å². The van der Waals surface area contributed by atoms with Crippen molar-refractivity contribution in [2.24, 2.45) is 11.7 Å². The number of halogens is 1. The first-order chi connectivity index (χ1) is 9.42. The maximum atomic E-state index is 6.76. The van der Waals surface area contributed by atoms with Crippen LogP contribution in [0.2, 0.25) is 0 Å². The van der Waals surface area contributed by atoms with Crippen molar-refractivity contribution in [3.63, 3.8) is 0 Å². The highest BCUT2D eigenvalue weighted by Gasteiger charge is 2.44. The van der Waals surface area contributed by atoms with Gasteiger partial charge in [0.1, 0.15) is 0 Å². The molecule has 0 aliphatic heterocycles. The van der Waals surface area contributed by atoms with Gasteiger partial charge < -0.3 is 10.6 Å². The van der Waals surface area contributed by atoms with E-state index in [2.05, 4.69) is 53.9 Å². The van der Waals surface area contributed by atoms with Crippen molar-refractivity contribution in [3.05, 3.63) is 16.4 Å². The van der Waals surface area contributed by atoms with Gasteiger partial charge in [0.25, 0.3) is 0 Å². The van der Waals surface area contributed by atoms with Crippen LogP contribution in [0.25, 0.3) is 0 Å². The number of aryl methyl sites for hydroxylation is 1. The molecule has 3 atom stereocenters. The molecular formula is C15H27BrN4. The summed E-state index contributed by atoms with van der Waals surface area (Å²) in [6, 6.07) is -0.0166. The molecule has 1 aromatic rings. The van der Waals surface area contributed by atoms with Gasteiger partial charge in [-0.05, 0) is 55.7 Å². The Morgan fingerprint density at radius 2 is 2.30 bits per heavy atom. The van der Waals surface area contributed by atoms with Crippen molar-refractivity contribution in [3.8, 4) is 0 Å². The molecule has 1 heterocycles. The molecular weight excluding hydrogens is 316 g/mol. The first kappa shape index (κ1) is 16.0.